The van der Waals surface area contributed by atoms with Crippen molar-refractivity contribution in [2.75, 3.05) is 0 Å². The zero-order valence-corrected chi connectivity index (χ0v) is 11.7. The third-order valence-electron chi connectivity index (χ3n) is 3.24. The molecule has 0 atom stereocenters. The Bertz CT molecular complexity index is 737. The van der Waals surface area contributed by atoms with Crippen molar-refractivity contribution >= 4 is 11.7 Å². The van der Waals surface area contributed by atoms with E-state index in [1.54, 1.807) is 20.8 Å². The molecule has 2 rings (SSSR count). The third kappa shape index (κ3) is 2.57. The molecule has 0 saturated heterocycles. The van der Waals surface area contributed by atoms with Crippen molar-refractivity contribution in [1.29, 1.82) is 0 Å². The second-order valence-corrected chi connectivity index (χ2v) is 4.60. The lowest BCUT2D eigenvalue weighted by Gasteiger charge is -2.08. The molecule has 0 aromatic carbocycles. The molecule has 21 heavy (non-hydrogen) atoms. The molecule has 0 saturated carbocycles. The maximum atomic E-state index is 11.1. The van der Waals surface area contributed by atoms with Crippen LogP contribution < -0.4 is 0 Å². The molecule has 0 unspecified atom stereocenters. The lowest BCUT2D eigenvalue weighted by molar-refractivity contribution is -0.386. The second kappa shape index (κ2) is 5.27. The molecule has 2 aromatic rings. The SMILES string of the molecule is Cc1cnc(Cn2nnc(C(=O)O)c2C)c(C)c1[N+](=O)[O-]. The van der Waals surface area contributed by atoms with E-state index in [9.17, 15) is 14.9 Å². The summed E-state index contributed by atoms with van der Waals surface area (Å²) < 4.78 is 1.36. The van der Waals surface area contributed by atoms with Crippen molar-refractivity contribution < 1.29 is 14.8 Å². The normalized spacial score (nSPS) is 10.6. The van der Waals surface area contributed by atoms with Gasteiger partial charge in [0.2, 0.25) is 0 Å². The summed E-state index contributed by atoms with van der Waals surface area (Å²) in [5, 5.41) is 27.3. The number of rotatable bonds is 4. The average molecular weight is 291 g/mol. The number of hydrogen-bond acceptors (Lipinski definition) is 6. The van der Waals surface area contributed by atoms with E-state index in [0.29, 0.717) is 22.5 Å². The van der Waals surface area contributed by atoms with Gasteiger partial charge >= 0.3 is 5.97 Å². The zero-order chi connectivity index (χ0) is 15.7. The molecule has 0 aliphatic rings. The first-order valence-electron chi connectivity index (χ1n) is 6.05. The van der Waals surface area contributed by atoms with Gasteiger partial charge in [0.15, 0.2) is 5.69 Å². The van der Waals surface area contributed by atoms with Crippen LogP contribution in [-0.2, 0) is 6.54 Å². The van der Waals surface area contributed by atoms with Crippen LogP contribution in [-0.4, -0.2) is 36.0 Å². The Morgan fingerprint density at radius 1 is 1.43 bits per heavy atom. The number of pyridine rings is 1. The van der Waals surface area contributed by atoms with Gasteiger partial charge in [0, 0.05) is 11.8 Å². The van der Waals surface area contributed by atoms with Crippen LogP contribution >= 0.6 is 0 Å². The number of nitrogens with zero attached hydrogens (tertiary/aromatic N) is 5. The lowest BCUT2D eigenvalue weighted by Crippen LogP contribution is -2.10. The number of carbonyl (C=O) groups is 1. The number of aromatic carboxylic acids is 1. The minimum atomic E-state index is -1.17. The number of carboxylic acid groups (broad SMARTS) is 1. The number of carboxylic acids is 1. The van der Waals surface area contributed by atoms with E-state index in [1.165, 1.54) is 10.9 Å². The van der Waals surface area contributed by atoms with E-state index < -0.39 is 10.9 Å². The standard InChI is InChI=1S/C12H13N5O4/c1-6-4-13-9(7(2)11(6)17(20)21)5-16-8(3)10(12(18)19)14-15-16/h4H,5H2,1-3H3,(H,18,19). The summed E-state index contributed by atoms with van der Waals surface area (Å²) in [7, 11) is 0. The fourth-order valence-corrected chi connectivity index (χ4v) is 2.06. The summed E-state index contributed by atoms with van der Waals surface area (Å²) in [6.07, 6.45) is 1.42. The largest absolute Gasteiger partial charge is 0.476 e. The topological polar surface area (TPSA) is 124 Å². The van der Waals surface area contributed by atoms with Crippen LogP contribution in [0.25, 0.3) is 0 Å². The van der Waals surface area contributed by atoms with Crippen LogP contribution in [0, 0.1) is 30.9 Å². The van der Waals surface area contributed by atoms with Crippen molar-refractivity contribution in [2.45, 2.75) is 27.3 Å². The van der Waals surface area contributed by atoms with Crippen LogP contribution in [0.4, 0.5) is 5.69 Å². The Morgan fingerprint density at radius 2 is 2.10 bits per heavy atom. The van der Waals surface area contributed by atoms with Gasteiger partial charge in [-0.25, -0.2) is 9.48 Å². The van der Waals surface area contributed by atoms with Gasteiger partial charge in [0.25, 0.3) is 5.69 Å². The summed E-state index contributed by atoms with van der Waals surface area (Å²) in [6.45, 7) is 4.92. The molecule has 2 heterocycles. The fraction of sp³-hybridized carbons (Fsp3) is 0.333. The Balaban J connectivity index is 2.43. The highest BCUT2D eigenvalue weighted by molar-refractivity contribution is 5.86. The third-order valence-corrected chi connectivity index (χ3v) is 3.24. The number of aromatic nitrogens is 4. The van der Waals surface area contributed by atoms with Crippen molar-refractivity contribution in [3.63, 3.8) is 0 Å². The second-order valence-electron chi connectivity index (χ2n) is 4.60. The van der Waals surface area contributed by atoms with Crippen LogP contribution in [0.1, 0.15) is 33.0 Å². The molecule has 1 N–H and O–H groups in total. The molecule has 0 aliphatic heterocycles. The molecule has 2 aromatic heterocycles. The smallest absolute Gasteiger partial charge is 0.358 e. The number of hydrogen-bond donors (Lipinski definition) is 1. The Kier molecular flexibility index (Phi) is 3.66. The van der Waals surface area contributed by atoms with Crippen molar-refractivity contribution in [2.24, 2.45) is 0 Å². The first-order valence-corrected chi connectivity index (χ1v) is 6.05. The molecular weight excluding hydrogens is 278 g/mol. The molecule has 9 heteroatoms. The molecule has 0 aliphatic carbocycles. The molecule has 0 bridgehead atoms. The average Bonchev–Trinajstić information content (AvgIpc) is 2.74. The quantitative estimate of drug-likeness (QED) is 0.663. The first-order chi connectivity index (χ1) is 9.82. The van der Waals surface area contributed by atoms with Crippen LogP contribution in [0.5, 0.6) is 0 Å². The number of aryl methyl sites for hydroxylation is 1. The summed E-state index contributed by atoms with van der Waals surface area (Å²) in [6, 6.07) is 0. The molecular formula is C12H13N5O4. The van der Waals surface area contributed by atoms with Gasteiger partial charge in [-0.05, 0) is 20.8 Å². The van der Waals surface area contributed by atoms with Gasteiger partial charge in [-0.1, -0.05) is 5.21 Å². The zero-order valence-electron chi connectivity index (χ0n) is 11.7. The van der Waals surface area contributed by atoms with Gasteiger partial charge < -0.3 is 5.11 Å². The van der Waals surface area contributed by atoms with Crippen LogP contribution in [0.3, 0.4) is 0 Å². The van der Waals surface area contributed by atoms with E-state index in [4.69, 9.17) is 5.11 Å². The minimum Gasteiger partial charge on any atom is -0.476 e. The van der Waals surface area contributed by atoms with Gasteiger partial charge in [-0.15, -0.1) is 5.10 Å². The minimum absolute atomic E-state index is 0.0104. The van der Waals surface area contributed by atoms with Crippen molar-refractivity contribution in [3.8, 4) is 0 Å². The summed E-state index contributed by atoms with van der Waals surface area (Å²) in [5.41, 5.74) is 1.60. The molecule has 0 fully saturated rings. The van der Waals surface area contributed by atoms with Gasteiger partial charge in [0.1, 0.15) is 0 Å². The van der Waals surface area contributed by atoms with E-state index in [2.05, 4.69) is 15.3 Å². The summed E-state index contributed by atoms with van der Waals surface area (Å²) in [4.78, 5) is 25.7. The van der Waals surface area contributed by atoms with Crippen molar-refractivity contribution in [1.82, 2.24) is 20.0 Å². The highest BCUT2D eigenvalue weighted by Crippen LogP contribution is 2.24. The van der Waals surface area contributed by atoms with E-state index in [0.717, 1.165) is 0 Å². The van der Waals surface area contributed by atoms with Crippen molar-refractivity contribution in [3.05, 3.63) is 44.5 Å². The molecule has 0 radical (unpaired) electrons. The molecule has 9 nitrogen and oxygen atoms in total. The van der Waals surface area contributed by atoms with E-state index in [-0.39, 0.29) is 17.9 Å². The Labute approximate surface area is 119 Å². The Hall–Kier alpha value is -2.84. The van der Waals surface area contributed by atoms with E-state index >= 15 is 0 Å². The molecule has 0 spiro atoms. The number of nitro groups is 1. The highest BCUT2D eigenvalue weighted by Gasteiger charge is 2.21. The summed E-state index contributed by atoms with van der Waals surface area (Å²) >= 11 is 0. The fourth-order valence-electron chi connectivity index (χ4n) is 2.06. The van der Waals surface area contributed by atoms with Crippen LogP contribution in [0.2, 0.25) is 0 Å². The molecule has 110 valence electrons. The maximum absolute atomic E-state index is 11.1. The highest BCUT2D eigenvalue weighted by atomic mass is 16.6. The molecule has 0 amide bonds. The Morgan fingerprint density at radius 3 is 2.62 bits per heavy atom. The predicted octanol–water partition coefficient (Wildman–Crippen LogP) is 1.25. The predicted molar refractivity (Wildman–Crippen MR) is 71.2 cm³/mol. The van der Waals surface area contributed by atoms with Gasteiger partial charge in [-0.2, -0.15) is 0 Å². The monoisotopic (exact) mass is 291 g/mol. The first kappa shape index (κ1) is 14.6. The maximum Gasteiger partial charge on any atom is 0.358 e. The van der Waals surface area contributed by atoms with Gasteiger partial charge in [0.05, 0.1) is 28.4 Å². The lowest BCUT2D eigenvalue weighted by atomic mass is 10.1. The summed E-state index contributed by atoms with van der Waals surface area (Å²) in [5.74, 6) is -1.17. The van der Waals surface area contributed by atoms with Crippen LogP contribution in [0.15, 0.2) is 6.20 Å². The van der Waals surface area contributed by atoms with E-state index in [1.807, 2.05) is 0 Å². The van der Waals surface area contributed by atoms with Gasteiger partial charge in [-0.3, -0.25) is 15.1 Å².